The second kappa shape index (κ2) is 12.1. The van der Waals surface area contributed by atoms with Crippen LogP contribution in [0.4, 0.5) is 0 Å². The van der Waals surface area contributed by atoms with E-state index in [9.17, 15) is 14.7 Å². The zero-order valence-electron chi connectivity index (χ0n) is 20.9. The van der Waals surface area contributed by atoms with Crippen molar-refractivity contribution < 1.29 is 28.9 Å². The van der Waals surface area contributed by atoms with Crippen molar-refractivity contribution in [3.05, 3.63) is 65.2 Å². The van der Waals surface area contributed by atoms with Crippen LogP contribution in [0.5, 0.6) is 11.5 Å². The summed E-state index contributed by atoms with van der Waals surface area (Å²) in [6.45, 7) is 9.21. The Morgan fingerprint density at radius 1 is 0.917 bits per heavy atom. The van der Waals surface area contributed by atoms with Gasteiger partial charge in [0, 0.05) is 31.7 Å². The van der Waals surface area contributed by atoms with E-state index < -0.39 is 17.7 Å². The topological polar surface area (TPSA) is 88.5 Å². The highest BCUT2D eigenvalue weighted by atomic mass is 16.5. The normalized spacial score (nSPS) is 20.1. The molecule has 8 heteroatoms. The number of ether oxygens (including phenoxy) is 3. The van der Waals surface area contributed by atoms with Gasteiger partial charge in [-0.15, -0.1) is 0 Å². The second-order valence-electron chi connectivity index (χ2n) is 8.76. The van der Waals surface area contributed by atoms with E-state index in [0.717, 1.165) is 25.2 Å². The van der Waals surface area contributed by atoms with E-state index in [-0.39, 0.29) is 11.3 Å². The van der Waals surface area contributed by atoms with Gasteiger partial charge in [-0.1, -0.05) is 12.1 Å². The molecule has 2 aromatic rings. The number of carbonyl (C=O) groups excluding carboxylic acids is 2. The molecule has 4 rings (SSSR count). The Hall–Kier alpha value is -3.36. The molecule has 0 radical (unpaired) electrons. The molecule has 2 heterocycles. The molecule has 8 nitrogen and oxygen atoms in total. The van der Waals surface area contributed by atoms with E-state index in [2.05, 4.69) is 4.90 Å². The lowest BCUT2D eigenvalue weighted by Crippen LogP contribution is -2.38. The van der Waals surface area contributed by atoms with Gasteiger partial charge in [0.2, 0.25) is 0 Å². The van der Waals surface area contributed by atoms with Gasteiger partial charge in [-0.3, -0.25) is 14.5 Å². The van der Waals surface area contributed by atoms with E-state index >= 15 is 0 Å². The number of benzene rings is 2. The fourth-order valence-corrected chi connectivity index (χ4v) is 4.69. The maximum Gasteiger partial charge on any atom is 0.295 e. The van der Waals surface area contributed by atoms with Crippen LogP contribution in [0.2, 0.25) is 0 Å². The maximum atomic E-state index is 13.2. The van der Waals surface area contributed by atoms with Gasteiger partial charge in [0.25, 0.3) is 11.7 Å². The number of likely N-dealkylation sites (tertiary alicyclic amines) is 1. The Labute approximate surface area is 212 Å². The summed E-state index contributed by atoms with van der Waals surface area (Å²) in [5, 5.41) is 11.2. The van der Waals surface area contributed by atoms with E-state index in [0.29, 0.717) is 56.5 Å². The zero-order chi connectivity index (χ0) is 25.5. The van der Waals surface area contributed by atoms with Gasteiger partial charge in [0.1, 0.15) is 17.3 Å². The van der Waals surface area contributed by atoms with Crippen molar-refractivity contribution >= 4 is 17.4 Å². The summed E-state index contributed by atoms with van der Waals surface area (Å²) in [7, 11) is 0. The van der Waals surface area contributed by atoms with Crippen molar-refractivity contribution in [1.29, 1.82) is 0 Å². The summed E-state index contributed by atoms with van der Waals surface area (Å²) < 4.78 is 16.5. The smallest absolute Gasteiger partial charge is 0.295 e. The van der Waals surface area contributed by atoms with Crippen LogP contribution in [-0.2, 0) is 14.3 Å². The summed E-state index contributed by atoms with van der Waals surface area (Å²) in [6.07, 6.45) is 0.712. The minimum Gasteiger partial charge on any atom is -0.507 e. The van der Waals surface area contributed by atoms with E-state index in [1.807, 2.05) is 38.1 Å². The molecule has 2 saturated heterocycles. The molecule has 2 fully saturated rings. The molecule has 192 valence electrons. The molecule has 1 unspecified atom stereocenters. The first kappa shape index (κ1) is 25.7. The standard InChI is InChI=1S/C28H34N2O6/c1-3-35-22-10-6-20(7-11-22)25-24(26(31)21-8-12-23(13-9-21)36-4-2)27(32)28(33)30(25)15-5-14-29-16-18-34-19-17-29/h6-13,25,31H,3-5,14-19H2,1-2H3/b26-24-. The molecule has 1 atom stereocenters. The maximum absolute atomic E-state index is 13.2. The first-order chi connectivity index (χ1) is 17.5. The summed E-state index contributed by atoms with van der Waals surface area (Å²) in [4.78, 5) is 30.3. The number of morpholine rings is 1. The third-order valence-electron chi connectivity index (χ3n) is 6.46. The molecule has 0 aromatic heterocycles. The number of amides is 1. The van der Waals surface area contributed by atoms with Crippen molar-refractivity contribution in [3.8, 4) is 11.5 Å². The quantitative estimate of drug-likeness (QED) is 0.307. The number of hydrogen-bond acceptors (Lipinski definition) is 7. The highest BCUT2D eigenvalue weighted by Gasteiger charge is 2.45. The number of aliphatic hydroxyl groups excluding tert-OH is 1. The predicted octanol–water partition coefficient (Wildman–Crippen LogP) is 3.63. The Morgan fingerprint density at radius 3 is 2.08 bits per heavy atom. The molecule has 0 spiro atoms. The molecule has 1 amide bonds. The first-order valence-electron chi connectivity index (χ1n) is 12.6. The fraction of sp³-hybridized carbons (Fsp3) is 0.429. The summed E-state index contributed by atoms with van der Waals surface area (Å²) in [5.74, 6) is -0.0846. The average molecular weight is 495 g/mol. The lowest BCUT2D eigenvalue weighted by molar-refractivity contribution is -0.140. The SMILES string of the molecule is CCOc1ccc(/C(O)=C2/C(=O)C(=O)N(CCCN3CCOCC3)C2c2ccc(OCC)cc2)cc1. The van der Waals surface area contributed by atoms with E-state index in [1.165, 1.54) is 0 Å². The van der Waals surface area contributed by atoms with Crippen molar-refractivity contribution in [1.82, 2.24) is 9.80 Å². The second-order valence-corrected chi connectivity index (χ2v) is 8.76. The largest absolute Gasteiger partial charge is 0.507 e. The number of rotatable bonds is 10. The molecular formula is C28H34N2O6. The third kappa shape index (κ3) is 5.71. The zero-order valence-corrected chi connectivity index (χ0v) is 20.9. The number of Topliss-reactive ketones (excluding diaryl/α,β-unsaturated/α-hetero) is 1. The van der Waals surface area contributed by atoms with Crippen LogP contribution in [0.15, 0.2) is 54.1 Å². The van der Waals surface area contributed by atoms with Crippen molar-refractivity contribution in [2.24, 2.45) is 0 Å². The molecular weight excluding hydrogens is 460 g/mol. The Balaban J connectivity index is 1.65. The molecule has 2 aromatic carbocycles. The van der Waals surface area contributed by atoms with Crippen LogP contribution in [0, 0.1) is 0 Å². The van der Waals surface area contributed by atoms with Crippen LogP contribution in [0.3, 0.4) is 0 Å². The lowest BCUT2D eigenvalue weighted by Gasteiger charge is -2.29. The Bertz CT molecular complexity index is 1070. The lowest BCUT2D eigenvalue weighted by atomic mass is 9.95. The highest BCUT2D eigenvalue weighted by molar-refractivity contribution is 6.46. The van der Waals surface area contributed by atoms with Gasteiger partial charge < -0.3 is 24.2 Å². The number of carbonyl (C=O) groups is 2. The molecule has 36 heavy (non-hydrogen) atoms. The van der Waals surface area contributed by atoms with Gasteiger partial charge in [0.05, 0.1) is 38.0 Å². The number of aliphatic hydroxyl groups is 1. The van der Waals surface area contributed by atoms with Crippen LogP contribution < -0.4 is 9.47 Å². The van der Waals surface area contributed by atoms with Crippen molar-refractivity contribution in [2.45, 2.75) is 26.3 Å². The van der Waals surface area contributed by atoms with Crippen LogP contribution in [-0.4, -0.2) is 79.2 Å². The van der Waals surface area contributed by atoms with E-state index in [4.69, 9.17) is 14.2 Å². The van der Waals surface area contributed by atoms with Crippen LogP contribution >= 0.6 is 0 Å². The van der Waals surface area contributed by atoms with Gasteiger partial charge in [-0.25, -0.2) is 0 Å². The number of hydrogen-bond donors (Lipinski definition) is 1. The van der Waals surface area contributed by atoms with Crippen molar-refractivity contribution in [2.75, 3.05) is 52.6 Å². The van der Waals surface area contributed by atoms with Gasteiger partial charge in [0.15, 0.2) is 0 Å². The van der Waals surface area contributed by atoms with Gasteiger partial charge in [-0.05, 0) is 62.2 Å². The molecule has 1 N–H and O–H groups in total. The highest BCUT2D eigenvalue weighted by Crippen LogP contribution is 2.40. The number of ketones is 1. The summed E-state index contributed by atoms with van der Waals surface area (Å²) >= 11 is 0. The first-order valence-corrected chi connectivity index (χ1v) is 12.6. The third-order valence-corrected chi connectivity index (χ3v) is 6.46. The Morgan fingerprint density at radius 2 is 1.50 bits per heavy atom. The van der Waals surface area contributed by atoms with Crippen LogP contribution in [0.1, 0.15) is 37.4 Å². The Kier molecular flexibility index (Phi) is 8.61. The molecule has 2 aliphatic heterocycles. The number of nitrogens with zero attached hydrogens (tertiary/aromatic N) is 2. The molecule has 0 saturated carbocycles. The van der Waals surface area contributed by atoms with Gasteiger partial charge in [-0.2, -0.15) is 0 Å². The minimum absolute atomic E-state index is 0.0969. The average Bonchev–Trinajstić information content (AvgIpc) is 3.15. The van der Waals surface area contributed by atoms with Crippen LogP contribution in [0.25, 0.3) is 5.76 Å². The molecule has 2 aliphatic rings. The molecule has 0 aliphatic carbocycles. The summed E-state index contributed by atoms with van der Waals surface area (Å²) in [5.41, 5.74) is 1.30. The van der Waals surface area contributed by atoms with Gasteiger partial charge >= 0.3 is 0 Å². The minimum atomic E-state index is -0.683. The predicted molar refractivity (Wildman–Crippen MR) is 136 cm³/mol. The fourth-order valence-electron chi connectivity index (χ4n) is 4.69. The van der Waals surface area contributed by atoms with E-state index in [1.54, 1.807) is 29.2 Å². The monoisotopic (exact) mass is 494 g/mol. The van der Waals surface area contributed by atoms with Crippen molar-refractivity contribution in [3.63, 3.8) is 0 Å². The molecule has 0 bridgehead atoms. The summed E-state index contributed by atoms with van der Waals surface area (Å²) in [6, 6.07) is 13.5.